The summed E-state index contributed by atoms with van der Waals surface area (Å²) in [6, 6.07) is 13.7. The fourth-order valence-electron chi connectivity index (χ4n) is 3.39. The Morgan fingerprint density at radius 1 is 1.00 bits per heavy atom. The third kappa shape index (κ3) is 4.59. The van der Waals surface area contributed by atoms with Gasteiger partial charge in [-0.3, -0.25) is 10.1 Å². The molecule has 4 rings (SSSR count). The fourth-order valence-corrected chi connectivity index (χ4v) is 5.96. The van der Waals surface area contributed by atoms with Crippen molar-refractivity contribution in [2.75, 3.05) is 18.4 Å². The van der Waals surface area contributed by atoms with E-state index in [9.17, 15) is 13.2 Å². The average Bonchev–Trinajstić information content (AvgIpc) is 3.22. The van der Waals surface area contributed by atoms with Gasteiger partial charge in [0.15, 0.2) is 0 Å². The molecule has 0 bridgehead atoms. The summed E-state index contributed by atoms with van der Waals surface area (Å²) < 4.78 is 32.7. The van der Waals surface area contributed by atoms with Crippen LogP contribution in [0.2, 0.25) is 10.0 Å². The minimum atomic E-state index is -3.86. The second-order valence-corrected chi connectivity index (χ2v) is 9.69. The number of hydrogen-bond acceptors (Lipinski definition) is 6. The zero-order valence-corrected chi connectivity index (χ0v) is 18.5. The van der Waals surface area contributed by atoms with Gasteiger partial charge in [0.2, 0.25) is 21.8 Å². The lowest BCUT2D eigenvalue weighted by Crippen LogP contribution is -2.41. The van der Waals surface area contributed by atoms with Crippen LogP contribution in [0.15, 0.2) is 57.8 Å². The van der Waals surface area contributed by atoms with E-state index in [1.165, 1.54) is 16.4 Å². The number of aromatic nitrogens is 2. The molecule has 0 radical (unpaired) electrons. The number of benzene rings is 2. The molecule has 2 aromatic carbocycles. The van der Waals surface area contributed by atoms with E-state index >= 15 is 0 Å². The van der Waals surface area contributed by atoms with Crippen molar-refractivity contribution in [2.45, 2.75) is 17.7 Å². The molecule has 1 amide bonds. The van der Waals surface area contributed by atoms with Crippen LogP contribution in [0.5, 0.6) is 0 Å². The molecule has 8 nitrogen and oxygen atoms in total. The van der Waals surface area contributed by atoms with E-state index < -0.39 is 10.0 Å². The molecular formula is C20H18Cl2N4O4S. The predicted molar refractivity (Wildman–Crippen MR) is 116 cm³/mol. The van der Waals surface area contributed by atoms with Gasteiger partial charge in [-0.15, -0.1) is 5.10 Å². The first kappa shape index (κ1) is 21.8. The van der Waals surface area contributed by atoms with Gasteiger partial charge in [-0.25, -0.2) is 8.42 Å². The summed E-state index contributed by atoms with van der Waals surface area (Å²) >= 11 is 12.1. The van der Waals surface area contributed by atoms with Crippen molar-refractivity contribution in [1.29, 1.82) is 0 Å². The van der Waals surface area contributed by atoms with Crippen molar-refractivity contribution in [1.82, 2.24) is 14.5 Å². The molecular weight excluding hydrogens is 463 g/mol. The highest BCUT2D eigenvalue weighted by Gasteiger charge is 2.34. The average molecular weight is 481 g/mol. The Labute approximate surface area is 189 Å². The Balaban J connectivity index is 1.39. The first-order valence-corrected chi connectivity index (χ1v) is 11.7. The van der Waals surface area contributed by atoms with E-state index in [0.717, 1.165) is 5.56 Å². The third-order valence-corrected chi connectivity index (χ3v) is 7.87. The van der Waals surface area contributed by atoms with E-state index in [1.54, 1.807) is 6.07 Å². The van der Waals surface area contributed by atoms with Crippen LogP contribution in [0.4, 0.5) is 6.01 Å². The minimum Gasteiger partial charge on any atom is -0.403 e. The summed E-state index contributed by atoms with van der Waals surface area (Å²) in [5, 5.41) is 10.5. The van der Waals surface area contributed by atoms with E-state index in [0.29, 0.717) is 18.7 Å². The number of halogens is 2. The molecule has 3 aromatic rings. The molecule has 11 heteroatoms. The SMILES string of the molecule is O=C(Nc1nnc(-c2ccccc2)o1)C1CCN(S(=O)(=O)c2c(Cl)cccc2Cl)CC1. The molecule has 0 spiro atoms. The Morgan fingerprint density at radius 2 is 1.65 bits per heavy atom. The zero-order valence-electron chi connectivity index (χ0n) is 16.2. The molecule has 31 heavy (non-hydrogen) atoms. The van der Waals surface area contributed by atoms with Crippen molar-refractivity contribution in [3.63, 3.8) is 0 Å². The maximum Gasteiger partial charge on any atom is 0.322 e. The highest BCUT2D eigenvalue weighted by molar-refractivity contribution is 7.89. The zero-order chi connectivity index (χ0) is 22.0. The third-order valence-electron chi connectivity index (χ3n) is 5.02. The molecule has 1 saturated heterocycles. The maximum absolute atomic E-state index is 13.0. The van der Waals surface area contributed by atoms with Gasteiger partial charge in [0.05, 0.1) is 10.0 Å². The molecule has 0 atom stereocenters. The van der Waals surface area contributed by atoms with E-state index in [-0.39, 0.29) is 45.9 Å². The van der Waals surface area contributed by atoms with Crippen LogP contribution < -0.4 is 5.32 Å². The number of sulfonamides is 1. The second kappa shape index (κ2) is 8.96. The summed E-state index contributed by atoms with van der Waals surface area (Å²) in [6.07, 6.45) is 0.680. The van der Waals surface area contributed by atoms with E-state index in [1.807, 2.05) is 30.3 Å². The summed E-state index contributed by atoms with van der Waals surface area (Å²) in [5.74, 6) is -0.384. The van der Waals surface area contributed by atoms with Crippen molar-refractivity contribution in [3.05, 3.63) is 58.6 Å². The van der Waals surface area contributed by atoms with Gasteiger partial charge in [0, 0.05) is 24.6 Å². The molecule has 0 saturated carbocycles. The topological polar surface area (TPSA) is 105 Å². The highest BCUT2D eigenvalue weighted by atomic mass is 35.5. The van der Waals surface area contributed by atoms with Crippen LogP contribution in [-0.2, 0) is 14.8 Å². The van der Waals surface area contributed by atoms with Gasteiger partial charge < -0.3 is 4.42 Å². The van der Waals surface area contributed by atoms with E-state index in [2.05, 4.69) is 15.5 Å². The van der Waals surface area contributed by atoms with Gasteiger partial charge >= 0.3 is 6.01 Å². The lowest BCUT2D eigenvalue weighted by atomic mass is 9.97. The molecule has 1 N–H and O–H groups in total. The van der Waals surface area contributed by atoms with Crippen molar-refractivity contribution in [3.8, 4) is 11.5 Å². The van der Waals surface area contributed by atoms with Crippen LogP contribution in [-0.4, -0.2) is 41.9 Å². The summed E-state index contributed by atoms with van der Waals surface area (Å²) in [6.45, 7) is 0.335. The van der Waals surface area contributed by atoms with Crippen LogP contribution in [0.3, 0.4) is 0 Å². The quantitative estimate of drug-likeness (QED) is 0.589. The Morgan fingerprint density at radius 3 is 2.29 bits per heavy atom. The second-order valence-electron chi connectivity index (χ2n) is 7.00. The summed E-state index contributed by atoms with van der Waals surface area (Å²) in [5.41, 5.74) is 0.743. The van der Waals surface area contributed by atoms with Gasteiger partial charge in [0.25, 0.3) is 0 Å². The molecule has 162 valence electrons. The van der Waals surface area contributed by atoms with Gasteiger partial charge in [0.1, 0.15) is 4.90 Å². The minimum absolute atomic E-state index is 0.00162. The fraction of sp³-hybridized carbons (Fsp3) is 0.250. The number of hydrogen-bond donors (Lipinski definition) is 1. The molecule has 1 aliphatic heterocycles. The number of nitrogens with zero attached hydrogens (tertiary/aromatic N) is 3. The molecule has 0 unspecified atom stereocenters. The standard InChI is InChI=1S/C20H18Cl2N4O4S/c21-15-7-4-8-16(22)17(15)31(28,29)26-11-9-13(10-12-26)18(27)23-20-25-24-19(30-20)14-5-2-1-3-6-14/h1-8,13H,9-12H2,(H,23,25,27). The Hall–Kier alpha value is -2.46. The first-order valence-electron chi connectivity index (χ1n) is 9.50. The number of rotatable bonds is 5. The number of anilines is 1. The number of carbonyl (C=O) groups is 1. The Bertz CT molecular complexity index is 1170. The summed E-state index contributed by atoms with van der Waals surface area (Å²) in [4.78, 5) is 12.5. The monoisotopic (exact) mass is 480 g/mol. The molecule has 1 fully saturated rings. The maximum atomic E-state index is 13.0. The van der Waals surface area contributed by atoms with E-state index in [4.69, 9.17) is 27.6 Å². The Kier molecular flexibility index (Phi) is 6.29. The molecule has 1 aromatic heterocycles. The van der Waals surface area contributed by atoms with Gasteiger partial charge in [-0.05, 0) is 37.1 Å². The number of piperidine rings is 1. The lowest BCUT2D eigenvalue weighted by molar-refractivity contribution is -0.121. The molecule has 0 aliphatic carbocycles. The smallest absolute Gasteiger partial charge is 0.322 e. The largest absolute Gasteiger partial charge is 0.403 e. The highest BCUT2D eigenvalue weighted by Crippen LogP contribution is 2.33. The van der Waals surface area contributed by atoms with Crippen molar-refractivity contribution < 1.29 is 17.6 Å². The van der Waals surface area contributed by atoms with Gasteiger partial charge in [-0.2, -0.15) is 4.31 Å². The van der Waals surface area contributed by atoms with Gasteiger partial charge in [-0.1, -0.05) is 52.6 Å². The van der Waals surface area contributed by atoms with Crippen molar-refractivity contribution in [2.24, 2.45) is 5.92 Å². The number of nitrogens with one attached hydrogen (secondary N) is 1. The van der Waals surface area contributed by atoms with Crippen molar-refractivity contribution >= 4 is 45.1 Å². The predicted octanol–water partition coefficient (Wildman–Crippen LogP) is 4.08. The summed E-state index contributed by atoms with van der Waals surface area (Å²) in [7, 11) is -3.86. The number of carbonyl (C=O) groups excluding carboxylic acids is 1. The lowest BCUT2D eigenvalue weighted by Gasteiger charge is -2.30. The molecule has 2 heterocycles. The first-order chi connectivity index (χ1) is 14.9. The van der Waals surface area contributed by atoms with Crippen LogP contribution >= 0.6 is 23.2 Å². The number of amides is 1. The van der Waals surface area contributed by atoms with Crippen LogP contribution in [0, 0.1) is 5.92 Å². The van der Waals surface area contributed by atoms with Crippen LogP contribution in [0.25, 0.3) is 11.5 Å². The molecule has 1 aliphatic rings. The normalized spacial score (nSPS) is 15.7. The van der Waals surface area contributed by atoms with Crippen LogP contribution in [0.1, 0.15) is 12.8 Å².